The molecule has 0 spiro atoms. The number of hydrogen-bond acceptors (Lipinski definition) is 3. The summed E-state index contributed by atoms with van der Waals surface area (Å²) in [5.41, 5.74) is -0.164. The number of aliphatic hydroxyl groups is 1. The molecule has 0 radical (unpaired) electrons. The van der Waals surface area contributed by atoms with Crippen molar-refractivity contribution in [1.82, 2.24) is 10.6 Å². The van der Waals surface area contributed by atoms with E-state index in [0.29, 0.717) is 0 Å². The highest BCUT2D eigenvalue weighted by Crippen LogP contribution is 2.35. The average molecular weight is 268 g/mol. The molecule has 0 aromatic rings. The Labute approximate surface area is 116 Å². The first-order valence-electron chi connectivity index (χ1n) is 7.84. The first kappa shape index (κ1) is 14.8. The summed E-state index contributed by atoms with van der Waals surface area (Å²) in [6.45, 7) is 4.25. The van der Waals surface area contributed by atoms with E-state index in [0.717, 1.165) is 58.0 Å². The Morgan fingerprint density at radius 3 is 2.74 bits per heavy atom. The number of aliphatic hydroxyl groups excluding tert-OH is 1. The Kier molecular flexibility index (Phi) is 5.22. The molecular weight excluding hydrogens is 240 g/mol. The second kappa shape index (κ2) is 6.71. The second-order valence-corrected chi connectivity index (χ2v) is 6.23. The van der Waals surface area contributed by atoms with Gasteiger partial charge in [-0.3, -0.25) is 4.79 Å². The van der Waals surface area contributed by atoms with Gasteiger partial charge in [-0.25, -0.2) is 0 Å². The van der Waals surface area contributed by atoms with Crippen LogP contribution in [0.25, 0.3) is 0 Å². The normalized spacial score (nSPS) is 30.2. The molecule has 4 heteroatoms. The van der Waals surface area contributed by atoms with E-state index in [2.05, 4.69) is 17.6 Å². The first-order valence-corrected chi connectivity index (χ1v) is 7.84. The Morgan fingerprint density at radius 1 is 1.37 bits per heavy atom. The highest BCUT2D eigenvalue weighted by Gasteiger charge is 2.40. The van der Waals surface area contributed by atoms with E-state index in [9.17, 15) is 9.90 Å². The molecular formula is C15H28N2O2. The lowest BCUT2D eigenvalue weighted by Crippen LogP contribution is -2.51. The molecule has 2 rings (SSSR count). The summed E-state index contributed by atoms with van der Waals surface area (Å²) < 4.78 is 0. The van der Waals surface area contributed by atoms with Crippen LogP contribution in [-0.4, -0.2) is 36.8 Å². The fraction of sp³-hybridized carbons (Fsp3) is 0.933. The van der Waals surface area contributed by atoms with E-state index in [4.69, 9.17) is 0 Å². The lowest BCUT2D eigenvalue weighted by atomic mass is 9.74. The first-order chi connectivity index (χ1) is 9.22. The minimum Gasteiger partial charge on any atom is -0.396 e. The number of hydrogen-bond donors (Lipinski definition) is 3. The van der Waals surface area contributed by atoms with Gasteiger partial charge in [0.05, 0.1) is 5.41 Å². The molecule has 1 aliphatic carbocycles. The van der Waals surface area contributed by atoms with Gasteiger partial charge < -0.3 is 15.7 Å². The molecule has 1 saturated carbocycles. The minimum atomic E-state index is -0.164. The number of nitrogens with one attached hydrogen (secondary N) is 2. The van der Waals surface area contributed by atoms with Crippen LogP contribution in [0, 0.1) is 11.3 Å². The molecule has 4 nitrogen and oxygen atoms in total. The largest absolute Gasteiger partial charge is 0.396 e. The van der Waals surface area contributed by atoms with Crippen molar-refractivity contribution >= 4 is 5.91 Å². The maximum atomic E-state index is 12.7. The molecule has 2 fully saturated rings. The van der Waals surface area contributed by atoms with Gasteiger partial charge in [0.2, 0.25) is 5.91 Å². The van der Waals surface area contributed by atoms with Crippen molar-refractivity contribution < 1.29 is 9.90 Å². The van der Waals surface area contributed by atoms with Crippen molar-refractivity contribution in [2.75, 3.05) is 19.7 Å². The summed E-state index contributed by atoms with van der Waals surface area (Å²) in [6.07, 6.45) is 7.13. The van der Waals surface area contributed by atoms with Crippen LogP contribution in [-0.2, 0) is 4.79 Å². The van der Waals surface area contributed by atoms with Crippen molar-refractivity contribution in [3.8, 4) is 0 Å². The third-order valence-corrected chi connectivity index (χ3v) is 4.98. The highest BCUT2D eigenvalue weighted by molar-refractivity contribution is 5.83. The van der Waals surface area contributed by atoms with Crippen LogP contribution >= 0.6 is 0 Å². The van der Waals surface area contributed by atoms with Crippen molar-refractivity contribution in [2.24, 2.45) is 11.3 Å². The van der Waals surface area contributed by atoms with Crippen LogP contribution in [0.1, 0.15) is 51.9 Å². The fourth-order valence-electron chi connectivity index (χ4n) is 3.74. The van der Waals surface area contributed by atoms with Crippen molar-refractivity contribution in [1.29, 1.82) is 0 Å². The molecule has 1 saturated heterocycles. The summed E-state index contributed by atoms with van der Waals surface area (Å²) in [7, 11) is 0. The summed E-state index contributed by atoms with van der Waals surface area (Å²) in [4.78, 5) is 12.7. The molecule has 19 heavy (non-hydrogen) atoms. The van der Waals surface area contributed by atoms with Crippen LogP contribution in [0.15, 0.2) is 0 Å². The van der Waals surface area contributed by atoms with Gasteiger partial charge in [-0.15, -0.1) is 0 Å². The zero-order valence-electron chi connectivity index (χ0n) is 12.1. The molecule has 3 N–H and O–H groups in total. The van der Waals surface area contributed by atoms with Gasteiger partial charge in [0, 0.05) is 18.6 Å². The maximum Gasteiger partial charge on any atom is 0.226 e. The molecule has 110 valence electrons. The predicted octanol–water partition coefficient (Wildman–Crippen LogP) is 1.43. The monoisotopic (exact) mass is 268 g/mol. The third kappa shape index (κ3) is 3.29. The number of carbonyl (C=O) groups is 1. The van der Waals surface area contributed by atoms with Crippen LogP contribution in [0.2, 0.25) is 0 Å². The van der Waals surface area contributed by atoms with Crippen molar-refractivity contribution in [3.63, 3.8) is 0 Å². The number of carbonyl (C=O) groups excluding carboxylic acids is 1. The van der Waals surface area contributed by atoms with E-state index in [-0.39, 0.29) is 29.9 Å². The maximum absolute atomic E-state index is 12.7. The summed E-state index contributed by atoms with van der Waals surface area (Å²) >= 11 is 0. The zero-order chi connectivity index (χ0) is 13.7. The molecule has 1 heterocycles. The van der Waals surface area contributed by atoms with Crippen LogP contribution in [0.3, 0.4) is 0 Å². The van der Waals surface area contributed by atoms with E-state index in [1.807, 2.05) is 0 Å². The van der Waals surface area contributed by atoms with Gasteiger partial charge in [-0.05, 0) is 45.2 Å². The van der Waals surface area contributed by atoms with Gasteiger partial charge in [-0.2, -0.15) is 0 Å². The highest BCUT2D eigenvalue weighted by atomic mass is 16.3. The van der Waals surface area contributed by atoms with E-state index >= 15 is 0 Å². The topological polar surface area (TPSA) is 61.4 Å². The lowest BCUT2D eigenvalue weighted by molar-refractivity contribution is -0.134. The summed E-state index contributed by atoms with van der Waals surface area (Å²) in [6, 6.07) is 0.195. The zero-order valence-corrected chi connectivity index (χ0v) is 12.1. The number of rotatable bonds is 5. The van der Waals surface area contributed by atoms with E-state index in [1.165, 1.54) is 0 Å². The third-order valence-electron chi connectivity index (χ3n) is 4.98. The van der Waals surface area contributed by atoms with Gasteiger partial charge >= 0.3 is 0 Å². The molecule has 0 bridgehead atoms. The Bertz CT molecular complexity index is 295. The van der Waals surface area contributed by atoms with Gasteiger partial charge in [0.25, 0.3) is 0 Å². The number of piperidine rings is 1. The molecule has 2 atom stereocenters. The molecule has 0 aromatic heterocycles. The quantitative estimate of drug-likeness (QED) is 0.707. The van der Waals surface area contributed by atoms with Crippen molar-refractivity contribution in [3.05, 3.63) is 0 Å². The second-order valence-electron chi connectivity index (χ2n) is 6.23. The SMILES string of the molecule is CCCC1(C(=O)NC2CCCC2CO)CCNCC1. The molecule has 0 aromatic carbocycles. The number of amides is 1. The minimum absolute atomic E-state index is 0.164. The molecule has 2 aliphatic rings. The average Bonchev–Trinajstić information content (AvgIpc) is 2.87. The Balaban J connectivity index is 1.99. The lowest BCUT2D eigenvalue weighted by Gasteiger charge is -2.37. The molecule has 2 unspecified atom stereocenters. The van der Waals surface area contributed by atoms with Gasteiger partial charge in [0.1, 0.15) is 0 Å². The van der Waals surface area contributed by atoms with E-state index < -0.39 is 0 Å². The Morgan fingerprint density at radius 2 is 2.11 bits per heavy atom. The summed E-state index contributed by atoms with van der Waals surface area (Å²) in [5.74, 6) is 0.505. The Hall–Kier alpha value is -0.610. The van der Waals surface area contributed by atoms with Crippen molar-refractivity contribution in [2.45, 2.75) is 57.9 Å². The molecule has 1 amide bonds. The van der Waals surface area contributed by atoms with Crippen LogP contribution < -0.4 is 10.6 Å². The molecule has 1 aliphatic heterocycles. The van der Waals surface area contributed by atoms with Crippen LogP contribution in [0.5, 0.6) is 0 Å². The smallest absolute Gasteiger partial charge is 0.226 e. The standard InChI is InChI=1S/C15H28N2O2/c1-2-6-15(7-9-16-10-8-15)14(19)17-13-5-3-4-12(13)11-18/h12-13,16,18H,2-11H2,1H3,(H,17,19). The van der Waals surface area contributed by atoms with Gasteiger partial charge in [0.15, 0.2) is 0 Å². The predicted molar refractivity (Wildman–Crippen MR) is 75.8 cm³/mol. The summed E-state index contributed by atoms with van der Waals surface area (Å²) in [5, 5.41) is 16.0. The van der Waals surface area contributed by atoms with Crippen LogP contribution in [0.4, 0.5) is 0 Å². The van der Waals surface area contributed by atoms with Gasteiger partial charge in [-0.1, -0.05) is 19.8 Å². The fourth-order valence-corrected chi connectivity index (χ4v) is 3.74. The van der Waals surface area contributed by atoms with E-state index in [1.54, 1.807) is 0 Å².